The number of hydrogen-bond donors (Lipinski definition) is 1. The standard InChI is InChI=1S/C18H20N4/c1-2-16-3-8-20-18(16)13-15(1)14-21-9-11-22(12-10-21)17-4-6-19-7-5-17/h1-8,13,20H,9-12,14H2. The number of nitrogens with one attached hydrogen (secondary N) is 1. The topological polar surface area (TPSA) is 35.2 Å². The molecule has 1 aromatic carbocycles. The molecule has 0 atom stereocenters. The third-order valence-electron chi connectivity index (χ3n) is 4.43. The van der Waals surface area contributed by atoms with Gasteiger partial charge in [-0.2, -0.15) is 0 Å². The summed E-state index contributed by atoms with van der Waals surface area (Å²) in [6.45, 7) is 5.39. The number of anilines is 1. The summed E-state index contributed by atoms with van der Waals surface area (Å²) >= 11 is 0. The van der Waals surface area contributed by atoms with E-state index in [0.29, 0.717) is 0 Å². The molecule has 1 N–H and O–H groups in total. The first-order valence-electron chi connectivity index (χ1n) is 7.82. The molecule has 0 amide bonds. The van der Waals surface area contributed by atoms with Gasteiger partial charge in [0, 0.05) is 62.5 Å². The van der Waals surface area contributed by atoms with Crippen molar-refractivity contribution >= 4 is 16.6 Å². The quantitative estimate of drug-likeness (QED) is 0.806. The molecule has 22 heavy (non-hydrogen) atoms. The van der Waals surface area contributed by atoms with Gasteiger partial charge in [-0.1, -0.05) is 12.1 Å². The van der Waals surface area contributed by atoms with Gasteiger partial charge in [0.1, 0.15) is 0 Å². The maximum absolute atomic E-state index is 4.09. The minimum atomic E-state index is 1.03. The van der Waals surface area contributed by atoms with Crippen LogP contribution in [0.3, 0.4) is 0 Å². The van der Waals surface area contributed by atoms with Crippen LogP contribution in [-0.4, -0.2) is 41.0 Å². The lowest BCUT2D eigenvalue weighted by Gasteiger charge is -2.36. The van der Waals surface area contributed by atoms with Gasteiger partial charge in [0.15, 0.2) is 0 Å². The first-order chi connectivity index (χ1) is 10.9. The number of rotatable bonds is 3. The van der Waals surface area contributed by atoms with Gasteiger partial charge < -0.3 is 9.88 Å². The summed E-state index contributed by atoms with van der Waals surface area (Å²) in [4.78, 5) is 12.4. The Balaban J connectivity index is 1.39. The smallest absolute Gasteiger partial charge is 0.0457 e. The first kappa shape index (κ1) is 13.3. The molecule has 4 rings (SSSR count). The normalized spacial score (nSPS) is 16.3. The number of hydrogen-bond acceptors (Lipinski definition) is 3. The Morgan fingerprint density at radius 2 is 1.77 bits per heavy atom. The largest absolute Gasteiger partial charge is 0.369 e. The minimum Gasteiger partial charge on any atom is -0.369 e. The number of fused-ring (bicyclic) bond motifs is 1. The summed E-state index contributed by atoms with van der Waals surface area (Å²) in [5.74, 6) is 0. The number of pyridine rings is 1. The van der Waals surface area contributed by atoms with Gasteiger partial charge in [0.2, 0.25) is 0 Å². The van der Waals surface area contributed by atoms with Crippen LogP contribution < -0.4 is 4.90 Å². The molecule has 0 bridgehead atoms. The lowest BCUT2D eigenvalue weighted by atomic mass is 10.1. The zero-order valence-electron chi connectivity index (χ0n) is 12.6. The average Bonchev–Trinajstić information content (AvgIpc) is 3.04. The lowest BCUT2D eigenvalue weighted by molar-refractivity contribution is 0.250. The van der Waals surface area contributed by atoms with Crippen molar-refractivity contribution < 1.29 is 0 Å². The van der Waals surface area contributed by atoms with Crippen molar-refractivity contribution in [1.82, 2.24) is 14.9 Å². The molecule has 0 unspecified atom stereocenters. The highest BCUT2D eigenvalue weighted by Crippen LogP contribution is 2.18. The molecular weight excluding hydrogens is 272 g/mol. The molecule has 4 heteroatoms. The van der Waals surface area contributed by atoms with E-state index in [9.17, 15) is 0 Å². The van der Waals surface area contributed by atoms with Crippen molar-refractivity contribution in [3.63, 3.8) is 0 Å². The molecule has 1 aliphatic rings. The number of piperazine rings is 1. The van der Waals surface area contributed by atoms with E-state index in [-0.39, 0.29) is 0 Å². The Hall–Kier alpha value is -2.33. The first-order valence-corrected chi connectivity index (χ1v) is 7.82. The number of aromatic amines is 1. The van der Waals surface area contributed by atoms with Crippen molar-refractivity contribution in [1.29, 1.82) is 0 Å². The Bertz CT molecular complexity index is 742. The van der Waals surface area contributed by atoms with Gasteiger partial charge in [-0.05, 0) is 35.2 Å². The molecule has 0 radical (unpaired) electrons. The van der Waals surface area contributed by atoms with Gasteiger partial charge in [-0.3, -0.25) is 9.88 Å². The molecule has 3 aromatic rings. The van der Waals surface area contributed by atoms with E-state index in [1.54, 1.807) is 0 Å². The van der Waals surface area contributed by atoms with Crippen LogP contribution >= 0.6 is 0 Å². The highest BCUT2D eigenvalue weighted by Gasteiger charge is 2.17. The van der Waals surface area contributed by atoms with Gasteiger partial charge in [-0.25, -0.2) is 0 Å². The zero-order chi connectivity index (χ0) is 14.8. The maximum atomic E-state index is 4.09. The molecule has 4 nitrogen and oxygen atoms in total. The van der Waals surface area contributed by atoms with E-state index in [1.165, 1.54) is 22.2 Å². The van der Waals surface area contributed by atoms with Crippen molar-refractivity contribution in [2.45, 2.75) is 6.54 Å². The van der Waals surface area contributed by atoms with Gasteiger partial charge >= 0.3 is 0 Å². The molecule has 3 heterocycles. The van der Waals surface area contributed by atoms with E-state index in [0.717, 1.165) is 32.7 Å². The Labute approximate surface area is 130 Å². The van der Waals surface area contributed by atoms with Crippen molar-refractivity contribution in [2.24, 2.45) is 0 Å². The summed E-state index contributed by atoms with van der Waals surface area (Å²) in [5.41, 5.74) is 3.89. The van der Waals surface area contributed by atoms with Gasteiger partial charge in [0.25, 0.3) is 0 Å². The SMILES string of the molecule is c1cc(N2CCN(Cc3ccc4cc[nH]c4c3)CC2)ccn1. The summed E-state index contributed by atoms with van der Waals surface area (Å²) in [5, 5.41) is 1.28. The second kappa shape index (κ2) is 5.81. The molecule has 0 aliphatic carbocycles. The summed E-state index contributed by atoms with van der Waals surface area (Å²) in [7, 11) is 0. The van der Waals surface area contributed by atoms with E-state index in [4.69, 9.17) is 0 Å². The molecular formula is C18H20N4. The fourth-order valence-corrected chi connectivity index (χ4v) is 3.17. The summed E-state index contributed by atoms with van der Waals surface area (Å²) in [6, 6.07) is 13.0. The summed E-state index contributed by atoms with van der Waals surface area (Å²) in [6.07, 6.45) is 5.74. The van der Waals surface area contributed by atoms with E-state index in [2.05, 4.69) is 56.2 Å². The van der Waals surface area contributed by atoms with Crippen LogP contribution in [0.15, 0.2) is 55.0 Å². The van der Waals surface area contributed by atoms with Crippen LogP contribution in [0.2, 0.25) is 0 Å². The third-order valence-corrected chi connectivity index (χ3v) is 4.43. The molecule has 1 fully saturated rings. The highest BCUT2D eigenvalue weighted by molar-refractivity contribution is 5.79. The average molecular weight is 292 g/mol. The highest BCUT2D eigenvalue weighted by atomic mass is 15.3. The van der Waals surface area contributed by atoms with Gasteiger partial charge in [0.05, 0.1) is 0 Å². The fraction of sp³-hybridized carbons (Fsp3) is 0.278. The van der Waals surface area contributed by atoms with Gasteiger partial charge in [-0.15, -0.1) is 0 Å². The fourth-order valence-electron chi connectivity index (χ4n) is 3.17. The Morgan fingerprint density at radius 1 is 0.955 bits per heavy atom. The van der Waals surface area contributed by atoms with E-state index < -0.39 is 0 Å². The van der Waals surface area contributed by atoms with E-state index >= 15 is 0 Å². The molecule has 0 spiro atoms. The third kappa shape index (κ3) is 2.70. The minimum absolute atomic E-state index is 1.03. The number of benzene rings is 1. The van der Waals surface area contributed by atoms with Crippen LogP contribution in [-0.2, 0) is 6.54 Å². The molecule has 2 aromatic heterocycles. The number of H-pyrrole nitrogens is 1. The van der Waals surface area contributed by atoms with Crippen LogP contribution in [0.5, 0.6) is 0 Å². The Morgan fingerprint density at radius 3 is 2.59 bits per heavy atom. The monoisotopic (exact) mass is 292 g/mol. The zero-order valence-corrected chi connectivity index (χ0v) is 12.6. The predicted octanol–water partition coefficient (Wildman–Crippen LogP) is 2.89. The summed E-state index contributed by atoms with van der Waals surface area (Å²) < 4.78 is 0. The molecule has 0 saturated carbocycles. The number of aromatic nitrogens is 2. The van der Waals surface area contributed by atoms with Crippen molar-refractivity contribution in [3.05, 3.63) is 60.6 Å². The lowest BCUT2D eigenvalue weighted by Crippen LogP contribution is -2.45. The van der Waals surface area contributed by atoms with Crippen molar-refractivity contribution in [2.75, 3.05) is 31.1 Å². The second-order valence-corrected chi connectivity index (χ2v) is 5.87. The second-order valence-electron chi connectivity index (χ2n) is 5.87. The molecule has 1 aliphatic heterocycles. The molecule has 112 valence electrons. The molecule has 1 saturated heterocycles. The van der Waals surface area contributed by atoms with E-state index in [1.807, 2.05) is 18.6 Å². The van der Waals surface area contributed by atoms with Crippen LogP contribution in [0.25, 0.3) is 10.9 Å². The maximum Gasteiger partial charge on any atom is 0.0457 e. The van der Waals surface area contributed by atoms with Crippen molar-refractivity contribution in [3.8, 4) is 0 Å². The van der Waals surface area contributed by atoms with Crippen LogP contribution in [0.4, 0.5) is 5.69 Å². The van der Waals surface area contributed by atoms with Crippen LogP contribution in [0, 0.1) is 0 Å². The van der Waals surface area contributed by atoms with Crippen LogP contribution in [0.1, 0.15) is 5.56 Å². The number of nitrogens with zero attached hydrogens (tertiary/aromatic N) is 3. The predicted molar refractivity (Wildman–Crippen MR) is 90.0 cm³/mol. The Kier molecular flexibility index (Phi) is 3.52.